The summed E-state index contributed by atoms with van der Waals surface area (Å²) in [5.41, 5.74) is 6.02. The van der Waals surface area contributed by atoms with Crippen LogP contribution in [-0.2, 0) is 0 Å². The average molecular weight is 365 g/mol. The Kier molecular flexibility index (Phi) is 4.30. The van der Waals surface area contributed by atoms with Gasteiger partial charge < -0.3 is 17.0 Å². The fourth-order valence-electron chi connectivity index (χ4n) is 2.83. The summed E-state index contributed by atoms with van der Waals surface area (Å²) in [4.78, 5) is 0. The zero-order valence-corrected chi connectivity index (χ0v) is 14.4. The average Bonchev–Trinajstić information content (AvgIpc) is 2.96. The van der Waals surface area contributed by atoms with Crippen molar-refractivity contribution in [1.29, 1.82) is 0 Å². The van der Waals surface area contributed by atoms with Crippen molar-refractivity contribution < 1.29 is 21.4 Å². The number of hydrogen-bond acceptors (Lipinski definition) is 0. The number of para-hydroxylation sites is 1. The molecule has 0 spiro atoms. The van der Waals surface area contributed by atoms with Gasteiger partial charge in [-0.1, -0.05) is 54.1 Å². The van der Waals surface area contributed by atoms with Crippen molar-refractivity contribution in [2.75, 3.05) is 0 Å². The zero-order chi connectivity index (χ0) is 14.9. The van der Waals surface area contributed by atoms with Crippen LogP contribution < -0.4 is 21.4 Å². The van der Waals surface area contributed by atoms with E-state index in [0.717, 1.165) is 5.65 Å². The molecule has 2 heterocycles. The Morgan fingerprint density at radius 1 is 0.783 bits per heavy atom. The lowest BCUT2D eigenvalue weighted by atomic mass is 10.1. The minimum atomic E-state index is 0. The minimum Gasteiger partial charge on any atom is -1.00 e. The molecule has 0 aliphatic carbocycles. The Balaban J connectivity index is 0.00000156. The van der Waals surface area contributed by atoms with Crippen LogP contribution in [0, 0.1) is 6.92 Å². The van der Waals surface area contributed by atoms with Gasteiger partial charge in [-0.25, -0.2) is 4.40 Å². The van der Waals surface area contributed by atoms with Crippen LogP contribution in [0.25, 0.3) is 22.6 Å². The topological polar surface area (TPSA) is 9.03 Å². The van der Waals surface area contributed by atoms with E-state index < -0.39 is 0 Å². The lowest BCUT2D eigenvalue weighted by Gasteiger charge is -2.03. The Hall–Kier alpha value is -2.39. The van der Waals surface area contributed by atoms with Crippen LogP contribution in [0.1, 0.15) is 5.56 Å². The lowest BCUT2D eigenvalue weighted by Crippen LogP contribution is -3.00. The number of nitrogens with zero attached hydrogens (tertiary/aromatic N) is 2. The highest BCUT2D eigenvalue weighted by atomic mass is 79.9. The predicted molar refractivity (Wildman–Crippen MR) is 89.1 cm³/mol. The molecule has 0 bridgehead atoms. The van der Waals surface area contributed by atoms with Crippen LogP contribution in [-0.4, -0.2) is 4.57 Å². The Morgan fingerprint density at radius 2 is 1.48 bits per heavy atom. The van der Waals surface area contributed by atoms with E-state index in [-0.39, 0.29) is 17.0 Å². The third kappa shape index (κ3) is 2.80. The molecule has 0 saturated carbocycles. The van der Waals surface area contributed by atoms with Crippen LogP contribution in [0.2, 0.25) is 0 Å². The maximum Gasteiger partial charge on any atom is 0.291 e. The molecule has 4 rings (SSSR count). The number of rotatable bonds is 2. The maximum absolute atomic E-state index is 2.30. The summed E-state index contributed by atoms with van der Waals surface area (Å²) in [5.74, 6) is 0. The van der Waals surface area contributed by atoms with Gasteiger partial charge in [-0.05, 0) is 25.1 Å². The maximum atomic E-state index is 2.30. The first-order chi connectivity index (χ1) is 10.8. The second-order valence-electron chi connectivity index (χ2n) is 5.52. The van der Waals surface area contributed by atoms with Gasteiger partial charge in [0.15, 0.2) is 5.69 Å². The normalized spacial score (nSPS) is 10.5. The van der Waals surface area contributed by atoms with Crippen molar-refractivity contribution in [2.24, 2.45) is 0 Å². The van der Waals surface area contributed by atoms with E-state index in [1.54, 1.807) is 0 Å². The highest BCUT2D eigenvalue weighted by Gasteiger charge is 2.20. The highest BCUT2D eigenvalue weighted by Crippen LogP contribution is 2.25. The number of aryl methyl sites for hydroxylation is 1. The van der Waals surface area contributed by atoms with E-state index in [1.165, 1.54) is 22.5 Å². The molecule has 23 heavy (non-hydrogen) atoms. The number of hydrogen-bond donors (Lipinski definition) is 0. The number of fused-ring (bicyclic) bond motifs is 1. The number of imidazole rings is 1. The number of pyridine rings is 1. The van der Waals surface area contributed by atoms with E-state index in [4.69, 9.17) is 0 Å². The van der Waals surface area contributed by atoms with E-state index in [9.17, 15) is 0 Å². The predicted octanol–water partition coefficient (Wildman–Crippen LogP) is 1.20. The first-order valence-corrected chi connectivity index (χ1v) is 7.47. The first-order valence-electron chi connectivity index (χ1n) is 7.47. The first kappa shape index (κ1) is 15.5. The molecule has 0 amide bonds. The highest BCUT2D eigenvalue weighted by molar-refractivity contribution is 5.65. The molecule has 3 heteroatoms. The fraction of sp³-hybridized carbons (Fsp3) is 0.0500. The van der Waals surface area contributed by atoms with Gasteiger partial charge in [-0.15, -0.1) is 0 Å². The minimum absolute atomic E-state index is 0. The summed E-state index contributed by atoms with van der Waals surface area (Å²) in [6.07, 6.45) is 4.28. The van der Waals surface area contributed by atoms with Crippen molar-refractivity contribution in [3.63, 3.8) is 0 Å². The Bertz CT molecular complexity index is 925. The molecule has 0 saturated heterocycles. The van der Waals surface area contributed by atoms with E-state index >= 15 is 0 Å². The van der Waals surface area contributed by atoms with Crippen molar-refractivity contribution in [3.05, 3.63) is 90.8 Å². The second-order valence-corrected chi connectivity index (χ2v) is 5.52. The number of benzene rings is 2. The summed E-state index contributed by atoms with van der Waals surface area (Å²) < 4.78 is 4.47. The van der Waals surface area contributed by atoms with Gasteiger partial charge in [0.1, 0.15) is 11.9 Å². The summed E-state index contributed by atoms with van der Waals surface area (Å²) in [6, 6.07) is 25.5. The van der Waals surface area contributed by atoms with Crippen LogP contribution in [0.4, 0.5) is 0 Å². The van der Waals surface area contributed by atoms with Gasteiger partial charge in [0.2, 0.25) is 0 Å². The quantitative estimate of drug-likeness (QED) is 0.472. The van der Waals surface area contributed by atoms with Gasteiger partial charge in [0, 0.05) is 11.6 Å². The van der Waals surface area contributed by atoms with Crippen molar-refractivity contribution in [2.45, 2.75) is 6.92 Å². The molecule has 0 fully saturated rings. The van der Waals surface area contributed by atoms with Gasteiger partial charge in [0.05, 0.1) is 6.20 Å². The lowest BCUT2D eigenvalue weighted by molar-refractivity contribution is -0.510. The molecule has 0 N–H and O–H groups in total. The smallest absolute Gasteiger partial charge is 0.291 e. The van der Waals surface area contributed by atoms with Crippen LogP contribution in [0.5, 0.6) is 0 Å². The molecular weight excluding hydrogens is 348 g/mol. The summed E-state index contributed by atoms with van der Waals surface area (Å²) in [5, 5.41) is 0. The van der Waals surface area contributed by atoms with Crippen LogP contribution >= 0.6 is 0 Å². The van der Waals surface area contributed by atoms with Crippen molar-refractivity contribution in [3.8, 4) is 16.9 Å². The molecule has 4 aromatic rings. The fourth-order valence-corrected chi connectivity index (χ4v) is 2.83. The molecule has 0 atom stereocenters. The Morgan fingerprint density at radius 3 is 2.22 bits per heavy atom. The van der Waals surface area contributed by atoms with Gasteiger partial charge in [-0.3, -0.25) is 0 Å². The molecule has 114 valence electrons. The summed E-state index contributed by atoms with van der Waals surface area (Å²) in [6.45, 7) is 2.12. The van der Waals surface area contributed by atoms with Crippen molar-refractivity contribution in [1.82, 2.24) is 4.57 Å². The third-order valence-electron chi connectivity index (χ3n) is 3.96. The molecule has 2 nitrogen and oxygen atoms in total. The largest absolute Gasteiger partial charge is 1.00 e. The van der Waals surface area contributed by atoms with E-state index in [0.29, 0.717) is 0 Å². The Labute approximate surface area is 146 Å². The molecule has 2 aromatic carbocycles. The second kappa shape index (κ2) is 6.39. The molecule has 0 radical (unpaired) electrons. The molecule has 0 aliphatic heterocycles. The molecular formula is C20H17BrN2. The number of aromatic nitrogens is 2. The summed E-state index contributed by atoms with van der Waals surface area (Å²) in [7, 11) is 0. The number of halogens is 1. The molecule has 0 aliphatic rings. The van der Waals surface area contributed by atoms with Crippen LogP contribution in [0.15, 0.2) is 85.2 Å². The van der Waals surface area contributed by atoms with E-state index in [2.05, 4.69) is 95.0 Å². The van der Waals surface area contributed by atoms with E-state index in [1.807, 2.05) is 6.07 Å². The van der Waals surface area contributed by atoms with Crippen LogP contribution in [0.3, 0.4) is 0 Å². The van der Waals surface area contributed by atoms with Gasteiger partial charge >= 0.3 is 0 Å². The SMILES string of the molecule is Cc1ccc(-c2c[n+]3ccccc3n2-c2ccccc2)cc1.[Br-]. The molecule has 2 aromatic heterocycles. The third-order valence-corrected chi connectivity index (χ3v) is 3.96. The van der Waals surface area contributed by atoms with Gasteiger partial charge in [0.25, 0.3) is 5.65 Å². The van der Waals surface area contributed by atoms with Gasteiger partial charge in [-0.2, -0.15) is 4.57 Å². The zero-order valence-electron chi connectivity index (χ0n) is 12.9. The molecule has 0 unspecified atom stereocenters. The summed E-state index contributed by atoms with van der Waals surface area (Å²) >= 11 is 0. The van der Waals surface area contributed by atoms with Crippen molar-refractivity contribution >= 4 is 5.65 Å². The standard InChI is InChI=1S/C20H17N2.BrH/c1-16-10-12-17(13-11-16)19-15-21-14-6-5-9-20(21)22(19)18-7-3-2-4-8-18;/h2-15H,1H3;1H/q+1;/p-1. The monoisotopic (exact) mass is 364 g/mol.